The molecule has 0 atom stereocenters. The van der Waals surface area contributed by atoms with Gasteiger partial charge < -0.3 is 15.8 Å². The summed E-state index contributed by atoms with van der Waals surface area (Å²) in [6.07, 6.45) is 0. The SMILES string of the molecule is Cc1ccc(Br)cc1OCC(=O)Nc1ccc(N)cc1Br. The van der Waals surface area contributed by atoms with Crippen molar-refractivity contribution < 1.29 is 9.53 Å². The fraction of sp³-hybridized carbons (Fsp3) is 0.133. The van der Waals surface area contributed by atoms with Crippen LogP contribution in [0, 0.1) is 6.92 Å². The van der Waals surface area contributed by atoms with Crippen molar-refractivity contribution in [2.75, 3.05) is 17.7 Å². The molecule has 110 valence electrons. The van der Waals surface area contributed by atoms with Gasteiger partial charge in [0, 0.05) is 14.6 Å². The van der Waals surface area contributed by atoms with E-state index in [0.29, 0.717) is 17.1 Å². The molecule has 4 nitrogen and oxygen atoms in total. The molecule has 0 bridgehead atoms. The average Bonchev–Trinajstić information content (AvgIpc) is 2.43. The Morgan fingerprint density at radius 1 is 1.24 bits per heavy atom. The number of hydrogen-bond acceptors (Lipinski definition) is 3. The smallest absolute Gasteiger partial charge is 0.262 e. The van der Waals surface area contributed by atoms with E-state index in [4.69, 9.17) is 10.5 Å². The summed E-state index contributed by atoms with van der Waals surface area (Å²) < 4.78 is 7.17. The van der Waals surface area contributed by atoms with Gasteiger partial charge >= 0.3 is 0 Å². The first-order chi connectivity index (χ1) is 9.95. The summed E-state index contributed by atoms with van der Waals surface area (Å²) in [6.45, 7) is 1.87. The summed E-state index contributed by atoms with van der Waals surface area (Å²) in [5.74, 6) is 0.441. The van der Waals surface area contributed by atoms with Gasteiger partial charge in [0.15, 0.2) is 6.61 Å². The highest BCUT2D eigenvalue weighted by Crippen LogP contribution is 2.25. The zero-order valence-electron chi connectivity index (χ0n) is 11.3. The molecule has 0 heterocycles. The van der Waals surface area contributed by atoms with E-state index in [9.17, 15) is 4.79 Å². The van der Waals surface area contributed by atoms with Crippen molar-refractivity contribution in [3.05, 3.63) is 50.9 Å². The van der Waals surface area contributed by atoms with Crippen LogP contribution < -0.4 is 15.8 Å². The van der Waals surface area contributed by atoms with Crippen molar-refractivity contribution >= 4 is 49.1 Å². The molecular formula is C15H14Br2N2O2. The van der Waals surface area contributed by atoms with E-state index in [1.54, 1.807) is 18.2 Å². The Morgan fingerprint density at radius 3 is 2.71 bits per heavy atom. The lowest BCUT2D eigenvalue weighted by Gasteiger charge is -2.11. The number of nitrogen functional groups attached to an aromatic ring is 1. The maximum Gasteiger partial charge on any atom is 0.262 e. The number of aryl methyl sites for hydroxylation is 1. The maximum atomic E-state index is 11.9. The second-order valence-corrected chi connectivity index (χ2v) is 6.26. The molecule has 0 aliphatic heterocycles. The van der Waals surface area contributed by atoms with Gasteiger partial charge in [-0.3, -0.25) is 4.79 Å². The number of ether oxygens (including phenoxy) is 1. The van der Waals surface area contributed by atoms with Crippen molar-refractivity contribution in [2.45, 2.75) is 6.92 Å². The predicted molar refractivity (Wildman–Crippen MR) is 91.6 cm³/mol. The third kappa shape index (κ3) is 4.47. The van der Waals surface area contributed by atoms with E-state index >= 15 is 0 Å². The molecule has 2 aromatic rings. The van der Waals surface area contributed by atoms with E-state index in [0.717, 1.165) is 14.5 Å². The number of rotatable bonds is 4. The number of carbonyl (C=O) groups excluding carboxylic acids is 1. The molecule has 0 spiro atoms. The van der Waals surface area contributed by atoms with Crippen molar-refractivity contribution in [3.63, 3.8) is 0 Å². The van der Waals surface area contributed by atoms with Crippen LogP contribution in [0.4, 0.5) is 11.4 Å². The normalized spacial score (nSPS) is 10.2. The first-order valence-electron chi connectivity index (χ1n) is 6.19. The fourth-order valence-electron chi connectivity index (χ4n) is 1.69. The van der Waals surface area contributed by atoms with Crippen LogP contribution in [0.15, 0.2) is 45.3 Å². The lowest BCUT2D eigenvalue weighted by atomic mass is 10.2. The van der Waals surface area contributed by atoms with Crippen LogP contribution in [-0.4, -0.2) is 12.5 Å². The minimum atomic E-state index is -0.236. The minimum Gasteiger partial charge on any atom is -0.483 e. The highest BCUT2D eigenvalue weighted by atomic mass is 79.9. The molecule has 3 N–H and O–H groups in total. The van der Waals surface area contributed by atoms with Crippen molar-refractivity contribution in [2.24, 2.45) is 0 Å². The van der Waals surface area contributed by atoms with Gasteiger partial charge in [-0.1, -0.05) is 22.0 Å². The Hall–Kier alpha value is -1.53. The molecule has 6 heteroatoms. The molecule has 0 aromatic heterocycles. The van der Waals surface area contributed by atoms with E-state index in [2.05, 4.69) is 37.2 Å². The molecule has 0 radical (unpaired) electrons. The van der Waals surface area contributed by atoms with Gasteiger partial charge in [0.1, 0.15) is 5.75 Å². The first kappa shape index (κ1) is 15.9. The molecule has 1 amide bonds. The second kappa shape index (κ2) is 6.95. The highest BCUT2D eigenvalue weighted by molar-refractivity contribution is 9.10. The topological polar surface area (TPSA) is 64.3 Å². The van der Waals surface area contributed by atoms with E-state index in [-0.39, 0.29) is 12.5 Å². The largest absolute Gasteiger partial charge is 0.483 e. The molecule has 0 fully saturated rings. The highest BCUT2D eigenvalue weighted by Gasteiger charge is 2.08. The number of hydrogen-bond donors (Lipinski definition) is 2. The summed E-state index contributed by atoms with van der Waals surface area (Å²) in [6, 6.07) is 10.9. The van der Waals surface area contributed by atoms with Gasteiger partial charge in [-0.25, -0.2) is 0 Å². The number of halogens is 2. The zero-order valence-corrected chi connectivity index (χ0v) is 14.5. The minimum absolute atomic E-state index is 0.0614. The summed E-state index contributed by atoms with van der Waals surface area (Å²) in [7, 11) is 0. The predicted octanol–water partition coefficient (Wildman–Crippen LogP) is 4.12. The van der Waals surface area contributed by atoms with Gasteiger partial charge in [0.25, 0.3) is 5.91 Å². The van der Waals surface area contributed by atoms with Crippen molar-refractivity contribution in [3.8, 4) is 5.75 Å². The van der Waals surface area contributed by atoms with Crippen LogP contribution in [0.1, 0.15) is 5.56 Å². The summed E-state index contributed by atoms with van der Waals surface area (Å²) in [5, 5.41) is 2.76. The lowest BCUT2D eigenvalue weighted by molar-refractivity contribution is -0.118. The molecule has 21 heavy (non-hydrogen) atoms. The van der Waals surface area contributed by atoms with Crippen LogP contribution in [-0.2, 0) is 4.79 Å². The number of nitrogens with one attached hydrogen (secondary N) is 1. The lowest BCUT2D eigenvalue weighted by Crippen LogP contribution is -2.20. The fourth-order valence-corrected chi connectivity index (χ4v) is 2.53. The van der Waals surface area contributed by atoms with Crippen LogP contribution >= 0.6 is 31.9 Å². The number of nitrogens with two attached hydrogens (primary N) is 1. The zero-order chi connectivity index (χ0) is 15.4. The van der Waals surface area contributed by atoms with E-state index in [1.807, 2.05) is 25.1 Å². The number of benzene rings is 2. The third-order valence-electron chi connectivity index (χ3n) is 2.78. The third-order valence-corrected chi connectivity index (χ3v) is 3.93. The monoisotopic (exact) mass is 412 g/mol. The van der Waals surface area contributed by atoms with Gasteiger partial charge in [-0.05, 0) is 58.7 Å². The van der Waals surface area contributed by atoms with Crippen molar-refractivity contribution in [1.29, 1.82) is 0 Å². The first-order valence-corrected chi connectivity index (χ1v) is 7.78. The number of amides is 1. The van der Waals surface area contributed by atoms with Crippen LogP contribution in [0.5, 0.6) is 5.75 Å². The van der Waals surface area contributed by atoms with Gasteiger partial charge in [-0.2, -0.15) is 0 Å². The number of anilines is 2. The summed E-state index contributed by atoms with van der Waals surface area (Å²) >= 11 is 6.73. The molecule has 0 aliphatic carbocycles. The van der Waals surface area contributed by atoms with Crippen molar-refractivity contribution in [1.82, 2.24) is 0 Å². The number of carbonyl (C=O) groups is 1. The van der Waals surface area contributed by atoms with E-state index < -0.39 is 0 Å². The molecule has 2 aromatic carbocycles. The van der Waals surface area contributed by atoms with Crippen LogP contribution in [0.25, 0.3) is 0 Å². The Balaban J connectivity index is 1.97. The molecule has 0 unspecified atom stereocenters. The van der Waals surface area contributed by atoms with Crippen LogP contribution in [0.3, 0.4) is 0 Å². The Labute approximate surface area is 139 Å². The molecule has 0 saturated heterocycles. The molecule has 0 aliphatic rings. The van der Waals surface area contributed by atoms with Gasteiger partial charge in [-0.15, -0.1) is 0 Å². The molecule has 0 saturated carbocycles. The Kier molecular flexibility index (Phi) is 5.25. The van der Waals surface area contributed by atoms with E-state index in [1.165, 1.54) is 0 Å². The second-order valence-electron chi connectivity index (χ2n) is 4.49. The Morgan fingerprint density at radius 2 is 2.00 bits per heavy atom. The maximum absolute atomic E-state index is 11.9. The summed E-state index contributed by atoms with van der Waals surface area (Å²) in [4.78, 5) is 11.9. The average molecular weight is 414 g/mol. The molecule has 2 rings (SSSR count). The Bertz CT molecular complexity index is 675. The summed E-state index contributed by atoms with van der Waals surface area (Å²) in [5.41, 5.74) is 7.91. The molecular weight excluding hydrogens is 400 g/mol. The van der Waals surface area contributed by atoms with Gasteiger partial charge in [0.2, 0.25) is 0 Å². The standard InChI is InChI=1S/C15H14Br2N2O2/c1-9-2-3-10(16)6-14(9)21-8-15(20)19-13-5-4-11(18)7-12(13)17/h2-7H,8,18H2,1H3,(H,19,20). The quantitative estimate of drug-likeness (QED) is 0.741. The van der Waals surface area contributed by atoms with Crippen LogP contribution in [0.2, 0.25) is 0 Å². The van der Waals surface area contributed by atoms with Gasteiger partial charge in [0.05, 0.1) is 5.69 Å².